The number of sulfonamides is 1. The predicted octanol–water partition coefficient (Wildman–Crippen LogP) is 5.40. The van der Waals surface area contributed by atoms with Crippen LogP contribution in [-0.2, 0) is 26.2 Å². The first-order valence-corrected chi connectivity index (χ1v) is 13.9. The van der Waals surface area contributed by atoms with E-state index in [1.54, 1.807) is 49.4 Å². The molecule has 3 rings (SSSR count). The van der Waals surface area contributed by atoms with E-state index in [-0.39, 0.29) is 28.1 Å². The zero-order valence-corrected chi connectivity index (χ0v) is 23.3. The SMILES string of the molecule is CC[C@@H](C(=O)NC)N(Cc1ccccc1Cl)C(=O)CN(c1ccc(Cl)cc1Cl)S(=O)(=O)c1ccccc1. The molecule has 0 saturated heterocycles. The van der Waals surface area contributed by atoms with E-state index in [1.165, 1.54) is 42.3 Å². The van der Waals surface area contributed by atoms with E-state index in [2.05, 4.69) is 5.32 Å². The first-order chi connectivity index (χ1) is 17.6. The van der Waals surface area contributed by atoms with Gasteiger partial charge in [0, 0.05) is 23.6 Å². The number of rotatable bonds is 10. The molecule has 0 fully saturated rings. The van der Waals surface area contributed by atoms with Crippen LogP contribution in [0.1, 0.15) is 18.9 Å². The smallest absolute Gasteiger partial charge is 0.264 e. The van der Waals surface area contributed by atoms with Gasteiger partial charge in [-0.05, 0) is 48.4 Å². The van der Waals surface area contributed by atoms with Gasteiger partial charge >= 0.3 is 0 Å². The Balaban J connectivity index is 2.10. The number of hydrogen-bond acceptors (Lipinski definition) is 4. The van der Waals surface area contributed by atoms with Gasteiger partial charge in [-0.15, -0.1) is 0 Å². The summed E-state index contributed by atoms with van der Waals surface area (Å²) in [5.41, 5.74) is 0.691. The maximum Gasteiger partial charge on any atom is 0.264 e. The first kappa shape index (κ1) is 28.8. The molecule has 0 heterocycles. The van der Waals surface area contributed by atoms with Crippen LogP contribution < -0.4 is 9.62 Å². The predicted molar refractivity (Wildman–Crippen MR) is 148 cm³/mol. The van der Waals surface area contributed by atoms with Crippen molar-refractivity contribution in [3.63, 3.8) is 0 Å². The summed E-state index contributed by atoms with van der Waals surface area (Å²) in [5.74, 6) is -0.995. The Morgan fingerprint density at radius 2 is 1.57 bits per heavy atom. The van der Waals surface area contributed by atoms with E-state index >= 15 is 0 Å². The summed E-state index contributed by atoms with van der Waals surface area (Å²) in [7, 11) is -2.75. The summed E-state index contributed by atoms with van der Waals surface area (Å²) >= 11 is 18.8. The maximum atomic E-state index is 13.8. The summed E-state index contributed by atoms with van der Waals surface area (Å²) < 4.78 is 28.4. The molecule has 0 aliphatic rings. The van der Waals surface area contributed by atoms with Crippen LogP contribution in [0.4, 0.5) is 5.69 Å². The molecular formula is C26H26Cl3N3O4S. The van der Waals surface area contributed by atoms with Gasteiger partial charge in [-0.2, -0.15) is 0 Å². The van der Waals surface area contributed by atoms with Gasteiger partial charge in [0.2, 0.25) is 11.8 Å². The molecule has 0 saturated carbocycles. The van der Waals surface area contributed by atoms with Gasteiger partial charge in [-0.25, -0.2) is 8.42 Å². The molecule has 0 aromatic heterocycles. The van der Waals surface area contributed by atoms with Crippen LogP contribution >= 0.6 is 34.8 Å². The number of carbonyl (C=O) groups excluding carboxylic acids is 2. The Morgan fingerprint density at radius 3 is 2.16 bits per heavy atom. The van der Waals surface area contributed by atoms with Gasteiger partial charge in [-0.3, -0.25) is 13.9 Å². The zero-order valence-electron chi connectivity index (χ0n) is 20.2. The standard InChI is InChI=1S/C26H26Cl3N3O4S/c1-3-23(26(34)30-2)31(16-18-9-7-8-12-21(18)28)25(33)17-32(24-14-13-19(27)15-22(24)29)37(35,36)20-10-5-4-6-11-20/h4-15,23H,3,16-17H2,1-2H3,(H,30,34)/t23-/m0/s1. The van der Waals surface area contributed by atoms with E-state index in [0.29, 0.717) is 22.0 Å². The van der Waals surface area contributed by atoms with Crippen LogP contribution in [0.2, 0.25) is 15.1 Å². The van der Waals surface area contributed by atoms with Gasteiger partial charge < -0.3 is 10.2 Å². The molecule has 3 aromatic rings. The summed E-state index contributed by atoms with van der Waals surface area (Å²) in [5, 5.41) is 3.35. The van der Waals surface area contributed by atoms with Gasteiger partial charge in [0.1, 0.15) is 12.6 Å². The second-order valence-electron chi connectivity index (χ2n) is 8.07. The quantitative estimate of drug-likeness (QED) is 0.347. The van der Waals surface area contributed by atoms with Gasteiger partial charge in [0.15, 0.2) is 0 Å². The minimum Gasteiger partial charge on any atom is -0.357 e. The topological polar surface area (TPSA) is 86.8 Å². The molecule has 0 bridgehead atoms. The third-order valence-electron chi connectivity index (χ3n) is 5.72. The number of hydrogen-bond donors (Lipinski definition) is 1. The molecule has 2 amide bonds. The third-order valence-corrected chi connectivity index (χ3v) is 8.40. The molecular weight excluding hydrogens is 557 g/mol. The number of nitrogens with zero attached hydrogens (tertiary/aromatic N) is 2. The molecule has 1 atom stereocenters. The van der Waals surface area contributed by atoms with Gasteiger partial charge in [0.05, 0.1) is 15.6 Å². The fourth-order valence-electron chi connectivity index (χ4n) is 3.81. The normalized spacial score (nSPS) is 12.0. The fourth-order valence-corrected chi connectivity index (χ4v) is 6.02. The van der Waals surface area contributed by atoms with Crippen LogP contribution in [0.5, 0.6) is 0 Å². The molecule has 11 heteroatoms. The zero-order chi connectivity index (χ0) is 27.2. The van der Waals surface area contributed by atoms with E-state index in [0.717, 1.165) is 4.31 Å². The summed E-state index contributed by atoms with van der Waals surface area (Å²) in [4.78, 5) is 27.9. The van der Waals surface area contributed by atoms with Crippen LogP contribution in [0.25, 0.3) is 0 Å². The minimum absolute atomic E-state index is 0.00198. The van der Waals surface area contributed by atoms with Crippen molar-refractivity contribution in [2.45, 2.75) is 30.8 Å². The van der Waals surface area contributed by atoms with Gasteiger partial charge in [0.25, 0.3) is 10.0 Å². The fraction of sp³-hybridized carbons (Fsp3) is 0.231. The monoisotopic (exact) mass is 581 g/mol. The first-order valence-electron chi connectivity index (χ1n) is 11.4. The number of likely N-dealkylation sites (N-methyl/N-ethyl adjacent to an activating group) is 1. The Kier molecular flexibility index (Phi) is 9.84. The Bertz CT molecular complexity index is 1370. The minimum atomic E-state index is -4.23. The highest BCUT2D eigenvalue weighted by atomic mass is 35.5. The molecule has 7 nitrogen and oxygen atoms in total. The molecule has 3 aromatic carbocycles. The lowest BCUT2D eigenvalue weighted by atomic mass is 10.1. The molecule has 0 aliphatic carbocycles. The Labute approximate surface area is 232 Å². The maximum absolute atomic E-state index is 13.8. The average molecular weight is 583 g/mol. The molecule has 0 spiro atoms. The number of nitrogens with one attached hydrogen (secondary N) is 1. The van der Waals surface area contributed by atoms with Gasteiger partial charge in [-0.1, -0.05) is 78.1 Å². The van der Waals surface area contributed by atoms with E-state index < -0.39 is 28.5 Å². The summed E-state index contributed by atoms with van der Waals surface area (Å²) in [6, 6.07) is 18.1. The number of amides is 2. The summed E-state index contributed by atoms with van der Waals surface area (Å²) in [6.07, 6.45) is 0.295. The lowest BCUT2D eigenvalue weighted by molar-refractivity contribution is -0.140. The second-order valence-corrected chi connectivity index (χ2v) is 11.2. The lowest BCUT2D eigenvalue weighted by Gasteiger charge is -2.33. The lowest BCUT2D eigenvalue weighted by Crippen LogP contribution is -2.51. The number of carbonyl (C=O) groups is 2. The third kappa shape index (κ3) is 6.76. The van der Waals surface area contributed by atoms with Crippen molar-refractivity contribution in [3.05, 3.63) is 93.4 Å². The molecule has 0 unspecified atom stereocenters. The number of benzene rings is 3. The van der Waals surface area contributed by atoms with E-state index in [1.807, 2.05) is 0 Å². The van der Waals surface area contributed by atoms with Crippen LogP contribution in [0, 0.1) is 0 Å². The second kappa shape index (κ2) is 12.6. The van der Waals surface area contributed by atoms with Crippen molar-refractivity contribution >= 4 is 62.3 Å². The highest BCUT2D eigenvalue weighted by molar-refractivity contribution is 7.92. The van der Waals surface area contributed by atoms with Crippen molar-refractivity contribution in [2.24, 2.45) is 0 Å². The highest BCUT2D eigenvalue weighted by Crippen LogP contribution is 2.33. The van der Waals surface area contributed by atoms with Crippen LogP contribution in [0.15, 0.2) is 77.7 Å². The molecule has 0 aliphatic heterocycles. The summed E-state index contributed by atoms with van der Waals surface area (Å²) in [6.45, 7) is 1.15. The Hall–Kier alpha value is -2.78. The van der Waals surface area contributed by atoms with Crippen LogP contribution in [-0.4, -0.2) is 44.8 Å². The molecule has 196 valence electrons. The Morgan fingerprint density at radius 1 is 0.919 bits per heavy atom. The molecule has 0 radical (unpaired) electrons. The number of anilines is 1. The highest BCUT2D eigenvalue weighted by Gasteiger charge is 2.34. The average Bonchev–Trinajstić information content (AvgIpc) is 2.88. The van der Waals surface area contributed by atoms with E-state index in [9.17, 15) is 18.0 Å². The van der Waals surface area contributed by atoms with Crippen molar-refractivity contribution in [3.8, 4) is 0 Å². The number of halogens is 3. The van der Waals surface area contributed by atoms with Crippen molar-refractivity contribution in [1.82, 2.24) is 10.2 Å². The van der Waals surface area contributed by atoms with Crippen molar-refractivity contribution in [2.75, 3.05) is 17.9 Å². The van der Waals surface area contributed by atoms with Crippen molar-refractivity contribution < 1.29 is 18.0 Å². The molecule has 1 N–H and O–H groups in total. The van der Waals surface area contributed by atoms with Crippen molar-refractivity contribution in [1.29, 1.82) is 0 Å². The van der Waals surface area contributed by atoms with E-state index in [4.69, 9.17) is 34.8 Å². The largest absolute Gasteiger partial charge is 0.357 e. The van der Waals surface area contributed by atoms with Crippen LogP contribution in [0.3, 0.4) is 0 Å². The molecule has 37 heavy (non-hydrogen) atoms.